The van der Waals surface area contributed by atoms with Crippen molar-refractivity contribution < 1.29 is 14.0 Å². The minimum atomic E-state index is -0.267. The second-order valence-corrected chi connectivity index (χ2v) is 5.99. The number of carbonyl (C=O) groups excluding carboxylic acids is 2. The van der Waals surface area contributed by atoms with Gasteiger partial charge in [0.25, 0.3) is 0 Å². The fourth-order valence-corrected chi connectivity index (χ4v) is 2.74. The number of likely N-dealkylation sites (N-methyl/N-ethyl adjacent to an activating group) is 1. The van der Waals surface area contributed by atoms with Crippen molar-refractivity contribution in [2.75, 3.05) is 33.2 Å². The zero-order chi connectivity index (χ0) is 16.7. The highest BCUT2D eigenvalue weighted by Crippen LogP contribution is 2.09. The quantitative estimate of drug-likeness (QED) is 0.736. The molecule has 5 nitrogen and oxygen atoms in total. The van der Waals surface area contributed by atoms with Crippen molar-refractivity contribution in [1.82, 2.24) is 15.1 Å². The van der Waals surface area contributed by atoms with Crippen LogP contribution in [-0.4, -0.2) is 54.8 Å². The molecule has 1 saturated heterocycles. The minimum absolute atomic E-state index is 0.0587. The lowest BCUT2D eigenvalue weighted by atomic mass is 10.2. The molecular formula is C17H24FN3O2. The summed E-state index contributed by atoms with van der Waals surface area (Å²) in [5.41, 5.74) is 0.841. The van der Waals surface area contributed by atoms with E-state index in [2.05, 4.69) is 5.32 Å². The Morgan fingerprint density at radius 1 is 1.43 bits per heavy atom. The summed E-state index contributed by atoms with van der Waals surface area (Å²) in [6, 6.07) is 6.38. The predicted molar refractivity (Wildman–Crippen MR) is 86.2 cm³/mol. The molecule has 0 atom stereocenters. The Morgan fingerprint density at radius 3 is 2.96 bits per heavy atom. The normalized spacial score (nSPS) is 14.6. The van der Waals surface area contributed by atoms with E-state index < -0.39 is 0 Å². The highest BCUT2D eigenvalue weighted by Gasteiger charge is 2.19. The van der Waals surface area contributed by atoms with Crippen molar-refractivity contribution in [1.29, 1.82) is 0 Å². The van der Waals surface area contributed by atoms with Crippen molar-refractivity contribution in [2.45, 2.75) is 25.8 Å². The number of likely N-dealkylation sites (tertiary alicyclic amines) is 1. The first-order valence-corrected chi connectivity index (χ1v) is 8.02. The molecule has 0 aliphatic carbocycles. The Morgan fingerprint density at radius 2 is 2.26 bits per heavy atom. The number of hydrogen-bond donors (Lipinski definition) is 1. The molecule has 6 heteroatoms. The van der Waals surface area contributed by atoms with Crippen molar-refractivity contribution >= 4 is 11.8 Å². The minimum Gasteiger partial charge on any atom is -0.355 e. The Hall–Kier alpha value is -1.95. The molecule has 0 radical (unpaired) electrons. The lowest BCUT2D eigenvalue weighted by molar-refractivity contribution is -0.127. The van der Waals surface area contributed by atoms with Crippen molar-refractivity contribution in [3.63, 3.8) is 0 Å². The molecule has 1 fully saturated rings. The molecule has 2 amide bonds. The van der Waals surface area contributed by atoms with E-state index in [4.69, 9.17) is 0 Å². The summed E-state index contributed by atoms with van der Waals surface area (Å²) in [5.74, 6) is -0.111. The molecule has 1 N–H and O–H groups in total. The van der Waals surface area contributed by atoms with Gasteiger partial charge in [0, 0.05) is 32.6 Å². The van der Waals surface area contributed by atoms with Crippen LogP contribution in [0.1, 0.15) is 24.8 Å². The van der Waals surface area contributed by atoms with Crippen LogP contribution in [0.3, 0.4) is 0 Å². The van der Waals surface area contributed by atoms with E-state index in [0.29, 0.717) is 26.1 Å². The largest absolute Gasteiger partial charge is 0.355 e. The second kappa shape index (κ2) is 8.62. The maximum atomic E-state index is 13.1. The van der Waals surface area contributed by atoms with Gasteiger partial charge in [0.05, 0.1) is 6.54 Å². The Labute approximate surface area is 136 Å². The third-order valence-electron chi connectivity index (χ3n) is 3.85. The summed E-state index contributed by atoms with van der Waals surface area (Å²) in [5, 5.41) is 2.86. The summed E-state index contributed by atoms with van der Waals surface area (Å²) in [4.78, 5) is 27.0. The van der Waals surface area contributed by atoms with Crippen LogP contribution in [0, 0.1) is 5.82 Å². The number of hydrogen-bond acceptors (Lipinski definition) is 3. The van der Waals surface area contributed by atoms with Gasteiger partial charge in [-0.05, 0) is 37.6 Å². The van der Waals surface area contributed by atoms with Crippen LogP contribution in [0.15, 0.2) is 24.3 Å². The first kappa shape index (κ1) is 17.4. The van der Waals surface area contributed by atoms with E-state index in [1.807, 2.05) is 22.9 Å². The number of rotatable bonds is 8. The first-order valence-electron chi connectivity index (χ1n) is 8.02. The third-order valence-corrected chi connectivity index (χ3v) is 3.85. The van der Waals surface area contributed by atoms with Gasteiger partial charge < -0.3 is 10.2 Å². The molecule has 1 aromatic carbocycles. The molecule has 2 rings (SSSR count). The van der Waals surface area contributed by atoms with Gasteiger partial charge in [0.1, 0.15) is 5.82 Å². The van der Waals surface area contributed by atoms with Crippen LogP contribution in [0.2, 0.25) is 0 Å². The standard InChI is InChI=1S/C17H24FN3O2/c1-20(12-14-5-2-6-15(18)11-14)13-16(22)19-8-4-10-21-9-3-7-17(21)23/h2,5-6,11H,3-4,7-10,12-13H2,1H3,(H,19,22). The van der Waals surface area contributed by atoms with Crippen molar-refractivity contribution in [3.05, 3.63) is 35.6 Å². The van der Waals surface area contributed by atoms with E-state index >= 15 is 0 Å². The van der Waals surface area contributed by atoms with Gasteiger partial charge in [-0.1, -0.05) is 12.1 Å². The molecule has 0 bridgehead atoms. The number of carbonyl (C=O) groups is 2. The molecule has 0 aromatic heterocycles. The van der Waals surface area contributed by atoms with Crippen molar-refractivity contribution in [2.24, 2.45) is 0 Å². The molecule has 0 unspecified atom stereocenters. The molecule has 1 aliphatic heterocycles. The SMILES string of the molecule is CN(CC(=O)NCCCN1CCCC1=O)Cc1cccc(F)c1. The van der Waals surface area contributed by atoms with E-state index in [1.165, 1.54) is 12.1 Å². The van der Waals surface area contributed by atoms with E-state index in [9.17, 15) is 14.0 Å². The van der Waals surface area contributed by atoms with Crippen LogP contribution in [0.4, 0.5) is 4.39 Å². The van der Waals surface area contributed by atoms with Gasteiger partial charge in [-0.15, -0.1) is 0 Å². The van der Waals surface area contributed by atoms with E-state index in [1.54, 1.807) is 6.07 Å². The smallest absolute Gasteiger partial charge is 0.234 e. The lowest BCUT2D eigenvalue weighted by Crippen LogP contribution is -2.36. The Balaban J connectivity index is 1.61. The zero-order valence-corrected chi connectivity index (χ0v) is 13.6. The van der Waals surface area contributed by atoms with Crippen LogP contribution in [0.5, 0.6) is 0 Å². The van der Waals surface area contributed by atoms with Crippen LogP contribution in [-0.2, 0) is 16.1 Å². The molecular weight excluding hydrogens is 297 g/mol. The molecule has 23 heavy (non-hydrogen) atoms. The number of nitrogens with one attached hydrogen (secondary N) is 1. The summed E-state index contributed by atoms with van der Waals surface area (Å²) < 4.78 is 13.1. The van der Waals surface area contributed by atoms with Crippen LogP contribution >= 0.6 is 0 Å². The fraction of sp³-hybridized carbons (Fsp3) is 0.529. The van der Waals surface area contributed by atoms with Crippen molar-refractivity contribution in [3.8, 4) is 0 Å². The second-order valence-electron chi connectivity index (χ2n) is 5.99. The molecule has 126 valence electrons. The number of nitrogens with zero attached hydrogens (tertiary/aromatic N) is 2. The van der Waals surface area contributed by atoms with Gasteiger partial charge in [-0.3, -0.25) is 14.5 Å². The predicted octanol–water partition coefficient (Wildman–Crippen LogP) is 1.39. The van der Waals surface area contributed by atoms with Crippen LogP contribution < -0.4 is 5.32 Å². The molecule has 1 aromatic rings. The van der Waals surface area contributed by atoms with Gasteiger partial charge in [0.15, 0.2) is 0 Å². The average molecular weight is 321 g/mol. The van der Waals surface area contributed by atoms with E-state index in [-0.39, 0.29) is 24.2 Å². The summed E-state index contributed by atoms with van der Waals surface area (Å²) in [6.07, 6.45) is 2.36. The third kappa shape index (κ3) is 5.98. The number of benzene rings is 1. The van der Waals surface area contributed by atoms with Crippen LogP contribution in [0.25, 0.3) is 0 Å². The topological polar surface area (TPSA) is 52.7 Å². The summed E-state index contributed by atoms with van der Waals surface area (Å²) >= 11 is 0. The molecule has 0 saturated carbocycles. The van der Waals surface area contributed by atoms with Gasteiger partial charge in [0.2, 0.25) is 11.8 Å². The highest BCUT2D eigenvalue weighted by molar-refractivity contribution is 5.78. The number of halogens is 1. The van der Waals surface area contributed by atoms with E-state index in [0.717, 1.165) is 24.9 Å². The Bertz CT molecular complexity index is 550. The maximum Gasteiger partial charge on any atom is 0.234 e. The fourth-order valence-electron chi connectivity index (χ4n) is 2.74. The molecule has 0 spiro atoms. The maximum absolute atomic E-state index is 13.1. The Kier molecular flexibility index (Phi) is 6.52. The van der Waals surface area contributed by atoms with Gasteiger partial charge >= 0.3 is 0 Å². The zero-order valence-electron chi connectivity index (χ0n) is 13.6. The monoisotopic (exact) mass is 321 g/mol. The number of amides is 2. The molecule has 1 aliphatic rings. The van der Waals surface area contributed by atoms with Gasteiger partial charge in [-0.25, -0.2) is 4.39 Å². The molecule has 1 heterocycles. The summed E-state index contributed by atoms with van der Waals surface area (Å²) in [6.45, 7) is 2.89. The summed E-state index contributed by atoms with van der Waals surface area (Å²) in [7, 11) is 1.83. The lowest BCUT2D eigenvalue weighted by Gasteiger charge is -2.17. The first-order chi connectivity index (χ1) is 11.0. The highest BCUT2D eigenvalue weighted by atomic mass is 19.1. The van der Waals surface area contributed by atoms with Gasteiger partial charge in [-0.2, -0.15) is 0 Å². The average Bonchev–Trinajstić information content (AvgIpc) is 2.89.